The van der Waals surface area contributed by atoms with Gasteiger partial charge in [-0.3, -0.25) is 9.59 Å². The van der Waals surface area contributed by atoms with Crippen LogP contribution in [-0.4, -0.2) is 53.7 Å². The smallest absolute Gasteiger partial charge is 0.295 e. The molecule has 1 unspecified atom stereocenters. The van der Waals surface area contributed by atoms with E-state index in [9.17, 15) is 14.7 Å². The van der Waals surface area contributed by atoms with Crippen LogP contribution in [0.15, 0.2) is 54.1 Å². The number of Topliss-reactive ketones (excluding diaryl/α,β-unsaturated/α-hetero) is 1. The molecule has 1 atom stereocenters. The van der Waals surface area contributed by atoms with Crippen molar-refractivity contribution in [3.63, 3.8) is 0 Å². The number of amides is 1. The molecule has 1 amide bonds. The summed E-state index contributed by atoms with van der Waals surface area (Å²) in [7, 11) is 1.47. The lowest BCUT2D eigenvalue weighted by Crippen LogP contribution is -2.30. The second-order valence-corrected chi connectivity index (χ2v) is 6.84. The highest BCUT2D eigenvalue weighted by Gasteiger charge is 2.46. The Morgan fingerprint density at radius 3 is 2.60 bits per heavy atom. The van der Waals surface area contributed by atoms with E-state index in [2.05, 4.69) is 0 Å². The van der Waals surface area contributed by atoms with E-state index >= 15 is 0 Å². The maximum Gasteiger partial charge on any atom is 0.295 e. The van der Waals surface area contributed by atoms with Crippen LogP contribution in [0.5, 0.6) is 11.5 Å². The lowest BCUT2D eigenvalue weighted by molar-refractivity contribution is -0.139. The number of methoxy groups -OCH3 is 1. The predicted octanol–water partition coefficient (Wildman–Crippen LogP) is 2.90. The number of rotatable bonds is 8. The first kappa shape index (κ1) is 21.4. The second-order valence-electron chi connectivity index (χ2n) is 6.84. The summed E-state index contributed by atoms with van der Waals surface area (Å²) >= 11 is 0. The number of aliphatic hydroxyl groups is 2. The average molecular weight is 411 g/mol. The number of nitrogens with zero attached hydrogens (tertiary/aromatic N) is 1. The zero-order valence-electron chi connectivity index (χ0n) is 17.0. The van der Waals surface area contributed by atoms with Crippen molar-refractivity contribution in [1.82, 2.24) is 4.90 Å². The molecule has 2 aromatic carbocycles. The van der Waals surface area contributed by atoms with Crippen LogP contribution in [0.3, 0.4) is 0 Å². The number of carbonyl (C=O) groups is 2. The minimum atomic E-state index is -0.757. The summed E-state index contributed by atoms with van der Waals surface area (Å²) in [6, 6.07) is 13.0. The maximum atomic E-state index is 12.9. The van der Waals surface area contributed by atoms with Gasteiger partial charge in [0.15, 0.2) is 0 Å². The highest BCUT2D eigenvalue weighted by Crippen LogP contribution is 2.41. The van der Waals surface area contributed by atoms with Gasteiger partial charge in [0.05, 0.1) is 30.9 Å². The third kappa shape index (κ3) is 4.02. The van der Waals surface area contributed by atoms with E-state index in [0.29, 0.717) is 35.6 Å². The van der Waals surface area contributed by atoms with Gasteiger partial charge in [0, 0.05) is 6.54 Å². The number of carbonyl (C=O) groups excluding carboxylic acids is 2. The fourth-order valence-corrected chi connectivity index (χ4v) is 3.62. The van der Waals surface area contributed by atoms with Gasteiger partial charge in [-0.1, -0.05) is 31.2 Å². The van der Waals surface area contributed by atoms with Crippen LogP contribution in [0, 0.1) is 0 Å². The van der Waals surface area contributed by atoms with Gasteiger partial charge in [0.2, 0.25) is 0 Å². The molecule has 1 aliphatic rings. The SMILES string of the molecule is CCCN1C(=O)C(=O)/C(=C(\O)c2ccccc2OC)C1c1cccc(OCCO)c1. The molecular formula is C23H25NO6. The number of para-hydroxylation sites is 1. The van der Waals surface area contributed by atoms with Crippen molar-refractivity contribution < 1.29 is 29.3 Å². The van der Waals surface area contributed by atoms with Crippen molar-refractivity contribution in [2.45, 2.75) is 19.4 Å². The number of hydrogen-bond acceptors (Lipinski definition) is 6. The summed E-state index contributed by atoms with van der Waals surface area (Å²) in [5, 5.41) is 20.1. The van der Waals surface area contributed by atoms with E-state index in [4.69, 9.17) is 14.6 Å². The van der Waals surface area contributed by atoms with Gasteiger partial charge in [-0.25, -0.2) is 0 Å². The van der Waals surface area contributed by atoms with Crippen LogP contribution in [-0.2, 0) is 9.59 Å². The lowest BCUT2D eigenvalue weighted by atomic mass is 9.95. The first-order chi connectivity index (χ1) is 14.5. The van der Waals surface area contributed by atoms with Gasteiger partial charge >= 0.3 is 0 Å². The Balaban J connectivity index is 2.17. The van der Waals surface area contributed by atoms with Crippen LogP contribution in [0.4, 0.5) is 0 Å². The fourth-order valence-electron chi connectivity index (χ4n) is 3.62. The first-order valence-electron chi connectivity index (χ1n) is 9.78. The summed E-state index contributed by atoms with van der Waals surface area (Å²) in [5.41, 5.74) is 0.985. The molecule has 0 radical (unpaired) electrons. The molecule has 2 aromatic rings. The Bertz CT molecular complexity index is 968. The van der Waals surface area contributed by atoms with Crippen molar-refractivity contribution >= 4 is 17.4 Å². The van der Waals surface area contributed by atoms with E-state index in [1.807, 2.05) is 6.92 Å². The van der Waals surface area contributed by atoms with Crippen molar-refractivity contribution in [3.05, 3.63) is 65.2 Å². The van der Waals surface area contributed by atoms with Gasteiger partial charge < -0.3 is 24.6 Å². The monoisotopic (exact) mass is 411 g/mol. The number of benzene rings is 2. The topological polar surface area (TPSA) is 96.3 Å². The van der Waals surface area contributed by atoms with Crippen molar-refractivity contribution in [3.8, 4) is 11.5 Å². The van der Waals surface area contributed by atoms with Crippen molar-refractivity contribution in [2.24, 2.45) is 0 Å². The largest absolute Gasteiger partial charge is 0.507 e. The molecule has 3 rings (SSSR count). The summed E-state index contributed by atoms with van der Waals surface area (Å²) < 4.78 is 10.8. The van der Waals surface area contributed by atoms with Crippen LogP contribution in [0.1, 0.15) is 30.5 Å². The maximum absolute atomic E-state index is 12.9. The molecular weight excluding hydrogens is 386 g/mol. The van der Waals surface area contributed by atoms with Gasteiger partial charge in [-0.2, -0.15) is 0 Å². The first-order valence-corrected chi connectivity index (χ1v) is 9.78. The van der Waals surface area contributed by atoms with E-state index in [-0.39, 0.29) is 24.5 Å². The van der Waals surface area contributed by atoms with E-state index in [0.717, 1.165) is 0 Å². The molecule has 1 aliphatic heterocycles. The molecule has 0 bridgehead atoms. The number of ether oxygens (including phenoxy) is 2. The van der Waals surface area contributed by atoms with Gasteiger partial charge in [0.25, 0.3) is 11.7 Å². The zero-order chi connectivity index (χ0) is 21.7. The predicted molar refractivity (Wildman–Crippen MR) is 111 cm³/mol. The lowest BCUT2D eigenvalue weighted by Gasteiger charge is -2.25. The van der Waals surface area contributed by atoms with Crippen LogP contribution in [0.2, 0.25) is 0 Å². The molecule has 30 heavy (non-hydrogen) atoms. The Morgan fingerprint density at radius 2 is 1.90 bits per heavy atom. The molecule has 1 heterocycles. The van der Waals surface area contributed by atoms with Gasteiger partial charge in [0.1, 0.15) is 23.9 Å². The van der Waals surface area contributed by atoms with Crippen LogP contribution < -0.4 is 9.47 Å². The molecule has 0 spiro atoms. The van der Waals surface area contributed by atoms with Crippen molar-refractivity contribution in [1.29, 1.82) is 0 Å². The van der Waals surface area contributed by atoms with E-state index in [1.54, 1.807) is 48.5 Å². The van der Waals surface area contributed by atoms with Crippen molar-refractivity contribution in [2.75, 3.05) is 26.9 Å². The molecule has 2 N–H and O–H groups in total. The summed E-state index contributed by atoms with van der Waals surface area (Å²) in [5.74, 6) is -0.772. The number of hydrogen-bond donors (Lipinski definition) is 2. The highest BCUT2D eigenvalue weighted by molar-refractivity contribution is 6.46. The number of likely N-dealkylation sites (tertiary alicyclic amines) is 1. The standard InChI is InChI=1S/C23H25NO6/c1-3-11-24-20(15-7-6-8-16(14-15)30-13-12-25)19(22(27)23(24)28)21(26)17-9-4-5-10-18(17)29-2/h4-10,14,20,25-26H,3,11-13H2,1-2H3/b21-19-. The fraction of sp³-hybridized carbons (Fsp3) is 0.304. The Morgan fingerprint density at radius 1 is 1.13 bits per heavy atom. The molecule has 7 nitrogen and oxygen atoms in total. The quantitative estimate of drug-likeness (QED) is 0.394. The van der Waals surface area contributed by atoms with Crippen LogP contribution >= 0.6 is 0 Å². The molecule has 1 fully saturated rings. The highest BCUT2D eigenvalue weighted by atomic mass is 16.5. The van der Waals surface area contributed by atoms with Gasteiger partial charge in [-0.15, -0.1) is 0 Å². The van der Waals surface area contributed by atoms with Crippen LogP contribution in [0.25, 0.3) is 5.76 Å². The Hall–Kier alpha value is -3.32. The van der Waals surface area contributed by atoms with E-state index < -0.39 is 17.7 Å². The summed E-state index contributed by atoms with van der Waals surface area (Å²) in [6.07, 6.45) is 0.652. The third-order valence-electron chi connectivity index (χ3n) is 4.90. The summed E-state index contributed by atoms with van der Waals surface area (Å²) in [6.45, 7) is 2.27. The zero-order valence-corrected chi connectivity index (χ0v) is 17.0. The third-order valence-corrected chi connectivity index (χ3v) is 4.90. The molecule has 0 saturated carbocycles. The Kier molecular flexibility index (Phi) is 6.74. The Labute approximate surface area is 175 Å². The molecule has 7 heteroatoms. The second kappa shape index (κ2) is 9.45. The molecule has 0 aromatic heterocycles. The van der Waals surface area contributed by atoms with Gasteiger partial charge in [-0.05, 0) is 36.2 Å². The minimum absolute atomic E-state index is 0.0114. The minimum Gasteiger partial charge on any atom is -0.507 e. The van der Waals surface area contributed by atoms with E-state index in [1.165, 1.54) is 12.0 Å². The number of aliphatic hydroxyl groups excluding tert-OH is 2. The normalized spacial score (nSPS) is 18.0. The average Bonchev–Trinajstić information content (AvgIpc) is 3.02. The molecule has 158 valence electrons. The summed E-state index contributed by atoms with van der Waals surface area (Å²) in [4.78, 5) is 27.2. The molecule has 1 saturated heterocycles. The molecule has 0 aliphatic carbocycles. The number of ketones is 1.